The van der Waals surface area contributed by atoms with Crippen LogP contribution in [0.1, 0.15) is 15.2 Å². The summed E-state index contributed by atoms with van der Waals surface area (Å²) in [6.45, 7) is 2.06. The summed E-state index contributed by atoms with van der Waals surface area (Å²) < 4.78 is 0. The van der Waals surface area contributed by atoms with Crippen molar-refractivity contribution >= 4 is 28.6 Å². The molecule has 1 heterocycles. The Bertz CT molecular complexity index is 806. The van der Waals surface area contributed by atoms with Gasteiger partial charge < -0.3 is 11.1 Å². The first-order valence-electron chi connectivity index (χ1n) is 6.95. The molecule has 0 atom stereocenters. The zero-order valence-electron chi connectivity index (χ0n) is 12.2. The Balaban J connectivity index is 1.78. The second kappa shape index (κ2) is 6.03. The average molecular weight is 308 g/mol. The smallest absolute Gasteiger partial charge is 0.265 e. The molecule has 1 amide bonds. The summed E-state index contributed by atoms with van der Waals surface area (Å²) in [4.78, 5) is 14.0. The van der Waals surface area contributed by atoms with Crippen molar-refractivity contribution in [2.75, 3.05) is 11.1 Å². The van der Waals surface area contributed by atoms with E-state index in [0.717, 1.165) is 10.4 Å². The van der Waals surface area contributed by atoms with Crippen LogP contribution < -0.4 is 11.1 Å². The van der Waals surface area contributed by atoms with Gasteiger partial charge in [-0.2, -0.15) is 0 Å². The molecule has 3 nitrogen and oxygen atoms in total. The summed E-state index contributed by atoms with van der Waals surface area (Å²) in [6.07, 6.45) is 0. The monoisotopic (exact) mass is 308 g/mol. The number of nitrogens with one attached hydrogen (secondary N) is 1. The van der Waals surface area contributed by atoms with E-state index in [1.807, 2.05) is 24.3 Å². The Labute approximate surface area is 133 Å². The van der Waals surface area contributed by atoms with Gasteiger partial charge in [0.15, 0.2) is 0 Å². The highest BCUT2D eigenvalue weighted by Gasteiger charge is 2.10. The van der Waals surface area contributed by atoms with E-state index in [-0.39, 0.29) is 5.91 Å². The van der Waals surface area contributed by atoms with Crippen LogP contribution in [0.5, 0.6) is 0 Å². The third kappa shape index (κ3) is 3.18. The maximum Gasteiger partial charge on any atom is 0.265 e. The van der Waals surface area contributed by atoms with Crippen LogP contribution in [0.25, 0.3) is 10.4 Å². The molecule has 0 fully saturated rings. The second-order valence-electron chi connectivity index (χ2n) is 5.11. The van der Waals surface area contributed by atoms with Crippen LogP contribution in [-0.2, 0) is 0 Å². The van der Waals surface area contributed by atoms with Crippen molar-refractivity contribution in [3.05, 3.63) is 71.1 Å². The Kier molecular flexibility index (Phi) is 3.94. The summed E-state index contributed by atoms with van der Waals surface area (Å²) in [5.74, 6) is -0.117. The Hall–Kier alpha value is -2.59. The number of nitrogens with two attached hydrogens (primary N) is 1. The fourth-order valence-corrected chi connectivity index (χ4v) is 3.05. The number of benzene rings is 2. The van der Waals surface area contributed by atoms with Crippen LogP contribution in [0.2, 0.25) is 0 Å². The number of carbonyl (C=O) groups excluding carboxylic acids is 1. The van der Waals surface area contributed by atoms with Gasteiger partial charge in [-0.1, -0.05) is 35.9 Å². The van der Waals surface area contributed by atoms with Gasteiger partial charge in [0.1, 0.15) is 0 Å². The first kappa shape index (κ1) is 14.4. The number of hydrogen-bond donors (Lipinski definition) is 2. The van der Waals surface area contributed by atoms with E-state index >= 15 is 0 Å². The van der Waals surface area contributed by atoms with Gasteiger partial charge in [-0.15, -0.1) is 11.3 Å². The maximum absolute atomic E-state index is 12.3. The standard InChI is InChI=1S/C18H16N2OS/c1-12-5-7-13(8-6-12)16-9-10-17(22-16)18(21)20-15-4-2-3-14(19)11-15/h2-11H,19H2,1H3,(H,20,21). The normalized spacial score (nSPS) is 10.4. The van der Waals surface area contributed by atoms with Crippen LogP contribution >= 0.6 is 11.3 Å². The highest BCUT2D eigenvalue weighted by atomic mass is 32.1. The van der Waals surface area contributed by atoms with E-state index in [0.29, 0.717) is 16.3 Å². The largest absolute Gasteiger partial charge is 0.399 e. The summed E-state index contributed by atoms with van der Waals surface area (Å²) in [7, 11) is 0. The van der Waals surface area contributed by atoms with Gasteiger partial charge in [0, 0.05) is 16.3 Å². The summed E-state index contributed by atoms with van der Waals surface area (Å²) in [6, 6.07) is 19.3. The lowest BCUT2D eigenvalue weighted by Crippen LogP contribution is -2.10. The van der Waals surface area contributed by atoms with Gasteiger partial charge in [-0.05, 0) is 42.8 Å². The van der Waals surface area contributed by atoms with Gasteiger partial charge in [-0.3, -0.25) is 4.79 Å². The van der Waals surface area contributed by atoms with Crippen molar-refractivity contribution in [3.8, 4) is 10.4 Å². The van der Waals surface area contributed by atoms with Crippen molar-refractivity contribution in [1.29, 1.82) is 0 Å². The van der Waals surface area contributed by atoms with Crippen molar-refractivity contribution in [2.45, 2.75) is 6.92 Å². The number of nitrogen functional groups attached to an aromatic ring is 1. The van der Waals surface area contributed by atoms with Crippen LogP contribution in [0.3, 0.4) is 0 Å². The number of hydrogen-bond acceptors (Lipinski definition) is 3. The van der Waals surface area contributed by atoms with Crippen LogP contribution in [-0.4, -0.2) is 5.91 Å². The van der Waals surface area contributed by atoms with Crippen molar-refractivity contribution in [3.63, 3.8) is 0 Å². The topological polar surface area (TPSA) is 55.1 Å². The third-order valence-corrected chi connectivity index (χ3v) is 4.44. The average Bonchev–Trinajstić information content (AvgIpc) is 2.98. The maximum atomic E-state index is 12.3. The van der Waals surface area contributed by atoms with Gasteiger partial charge in [-0.25, -0.2) is 0 Å². The molecule has 4 heteroatoms. The van der Waals surface area contributed by atoms with E-state index in [2.05, 4.69) is 36.5 Å². The van der Waals surface area contributed by atoms with Crippen molar-refractivity contribution in [2.24, 2.45) is 0 Å². The quantitative estimate of drug-likeness (QED) is 0.697. The van der Waals surface area contributed by atoms with Gasteiger partial charge in [0.25, 0.3) is 5.91 Å². The molecule has 0 bridgehead atoms. The number of rotatable bonds is 3. The highest BCUT2D eigenvalue weighted by Crippen LogP contribution is 2.28. The predicted molar refractivity (Wildman–Crippen MR) is 93.3 cm³/mol. The Morgan fingerprint density at radius 3 is 2.55 bits per heavy atom. The Morgan fingerprint density at radius 1 is 1.05 bits per heavy atom. The number of anilines is 2. The van der Waals surface area contributed by atoms with Gasteiger partial charge >= 0.3 is 0 Å². The van der Waals surface area contributed by atoms with Crippen LogP contribution in [0.4, 0.5) is 11.4 Å². The number of carbonyl (C=O) groups is 1. The zero-order chi connectivity index (χ0) is 15.5. The first-order chi connectivity index (χ1) is 10.6. The molecule has 0 aliphatic heterocycles. The summed E-state index contributed by atoms with van der Waals surface area (Å²) in [5.41, 5.74) is 9.40. The molecular formula is C18H16N2OS. The third-order valence-electron chi connectivity index (χ3n) is 3.31. The number of aryl methyl sites for hydroxylation is 1. The molecule has 1 aromatic heterocycles. The molecule has 0 aliphatic rings. The molecule has 22 heavy (non-hydrogen) atoms. The molecule has 0 saturated heterocycles. The molecule has 0 spiro atoms. The summed E-state index contributed by atoms with van der Waals surface area (Å²) >= 11 is 1.48. The van der Waals surface area contributed by atoms with Crippen LogP contribution in [0.15, 0.2) is 60.7 Å². The lowest BCUT2D eigenvalue weighted by molar-refractivity contribution is 0.103. The molecule has 3 aromatic rings. The zero-order valence-corrected chi connectivity index (χ0v) is 13.0. The van der Waals surface area contributed by atoms with Gasteiger partial charge in [0.05, 0.1) is 4.88 Å². The molecule has 0 radical (unpaired) electrons. The molecule has 3 N–H and O–H groups in total. The molecule has 3 rings (SSSR count). The lowest BCUT2D eigenvalue weighted by atomic mass is 10.1. The molecule has 0 saturated carbocycles. The van der Waals surface area contributed by atoms with E-state index in [1.165, 1.54) is 16.9 Å². The molecule has 0 unspecified atom stereocenters. The number of amides is 1. The molecule has 0 aliphatic carbocycles. The van der Waals surface area contributed by atoms with E-state index in [1.54, 1.807) is 12.1 Å². The van der Waals surface area contributed by atoms with Crippen molar-refractivity contribution in [1.82, 2.24) is 0 Å². The molecule has 110 valence electrons. The van der Waals surface area contributed by atoms with Crippen molar-refractivity contribution < 1.29 is 4.79 Å². The van der Waals surface area contributed by atoms with E-state index in [9.17, 15) is 4.79 Å². The fraction of sp³-hybridized carbons (Fsp3) is 0.0556. The fourth-order valence-electron chi connectivity index (χ4n) is 2.14. The van der Waals surface area contributed by atoms with Crippen LogP contribution in [0, 0.1) is 6.92 Å². The minimum atomic E-state index is -0.117. The predicted octanol–water partition coefficient (Wildman–Crippen LogP) is 4.56. The molecular weight excluding hydrogens is 292 g/mol. The summed E-state index contributed by atoms with van der Waals surface area (Å²) in [5, 5.41) is 2.86. The first-order valence-corrected chi connectivity index (χ1v) is 7.77. The Morgan fingerprint density at radius 2 is 1.82 bits per heavy atom. The second-order valence-corrected chi connectivity index (χ2v) is 6.19. The van der Waals surface area contributed by atoms with E-state index in [4.69, 9.17) is 5.73 Å². The number of thiophene rings is 1. The SMILES string of the molecule is Cc1ccc(-c2ccc(C(=O)Nc3cccc(N)c3)s2)cc1. The van der Waals surface area contributed by atoms with Gasteiger partial charge in [0.2, 0.25) is 0 Å². The lowest BCUT2D eigenvalue weighted by Gasteiger charge is -2.04. The van der Waals surface area contributed by atoms with E-state index < -0.39 is 0 Å². The minimum Gasteiger partial charge on any atom is -0.399 e. The minimum absolute atomic E-state index is 0.117. The highest BCUT2D eigenvalue weighted by molar-refractivity contribution is 7.17. The molecule has 2 aromatic carbocycles.